The van der Waals surface area contributed by atoms with Crippen molar-refractivity contribution in [1.82, 2.24) is 5.32 Å². The first-order valence-electron chi connectivity index (χ1n) is 6.52. The molecule has 4 heteroatoms. The van der Waals surface area contributed by atoms with E-state index in [0.717, 1.165) is 12.1 Å². The summed E-state index contributed by atoms with van der Waals surface area (Å²) in [6.07, 6.45) is 1.97. The fourth-order valence-corrected chi connectivity index (χ4v) is 2.65. The van der Waals surface area contributed by atoms with Gasteiger partial charge in [0.2, 0.25) is 5.91 Å². The molecule has 1 aliphatic carbocycles. The zero-order valence-electron chi connectivity index (χ0n) is 10.2. The third kappa shape index (κ3) is 2.20. The molecule has 0 spiro atoms. The van der Waals surface area contributed by atoms with Crippen molar-refractivity contribution in [2.24, 2.45) is 5.92 Å². The van der Waals surface area contributed by atoms with E-state index in [1.54, 1.807) is 0 Å². The van der Waals surface area contributed by atoms with Crippen LogP contribution in [0.2, 0.25) is 0 Å². The van der Waals surface area contributed by atoms with E-state index in [0.29, 0.717) is 19.4 Å². The summed E-state index contributed by atoms with van der Waals surface area (Å²) < 4.78 is 0. The number of amides is 1. The van der Waals surface area contributed by atoms with E-state index in [4.69, 9.17) is 0 Å². The molecule has 1 heterocycles. The molecule has 3 N–H and O–H groups in total. The molecule has 1 unspecified atom stereocenters. The summed E-state index contributed by atoms with van der Waals surface area (Å²) in [5, 5.41) is 15.5. The Morgan fingerprint density at radius 1 is 1.33 bits per heavy atom. The van der Waals surface area contributed by atoms with Crippen molar-refractivity contribution in [2.45, 2.75) is 31.4 Å². The summed E-state index contributed by atoms with van der Waals surface area (Å²) in [6.45, 7) is 0.693. The van der Waals surface area contributed by atoms with E-state index in [-0.39, 0.29) is 24.0 Å². The van der Waals surface area contributed by atoms with Gasteiger partial charge in [0.15, 0.2) is 0 Å². The first-order valence-corrected chi connectivity index (χ1v) is 6.52. The Morgan fingerprint density at radius 3 is 2.89 bits per heavy atom. The molecule has 0 bridgehead atoms. The van der Waals surface area contributed by atoms with Gasteiger partial charge in [0.1, 0.15) is 0 Å². The summed E-state index contributed by atoms with van der Waals surface area (Å²) >= 11 is 0. The normalized spacial score (nSPS) is 29.7. The molecule has 2 aliphatic rings. The van der Waals surface area contributed by atoms with Crippen LogP contribution in [-0.4, -0.2) is 29.7 Å². The number of carbonyl (C=O) groups excluding carboxylic acids is 1. The van der Waals surface area contributed by atoms with Crippen LogP contribution in [0, 0.1) is 5.92 Å². The van der Waals surface area contributed by atoms with E-state index < -0.39 is 0 Å². The van der Waals surface area contributed by atoms with Crippen LogP contribution >= 0.6 is 0 Å². The molecule has 0 radical (unpaired) electrons. The molecule has 1 fully saturated rings. The van der Waals surface area contributed by atoms with Crippen LogP contribution in [0.15, 0.2) is 24.3 Å². The molecule has 18 heavy (non-hydrogen) atoms. The third-order valence-electron chi connectivity index (χ3n) is 3.85. The molecule has 1 amide bonds. The highest BCUT2D eigenvalue weighted by Crippen LogP contribution is 2.25. The minimum Gasteiger partial charge on any atom is -0.393 e. The SMILES string of the molecule is O=C(NC1CC(O)C1)C1CNc2ccccc2C1. The van der Waals surface area contributed by atoms with Crippen LogP contribution in [0.4, 0.5) is 5.69 Å². The monoisotopic (exact) mass is 246 g/mol. The molecule has 96 valence electrons. The highest BCUT2D eigenvalue weighted by Gasteiger charge is 2.31. The Labute approximate surface area is 106 Å². The second-order valence-electron chi connectivity index (χ2n) is 5.27. The Balaban J connectivity index is 1.60. The van der Waals surface area contributed by atoms with Gasteiger partial charge in [-0.15, -0.1) is 0 Å². The minimum atomic E-state index is -0.222. The van der Waals surface area contributed by atoms with Crippen LogP contribution < -0.4 is 10.6 Å². The van der Waals surface area contributed by atoms with Crippen molar-refractivity contribution in [2.75, 3.05) is 11.9 Å². The number of hydrogen-bond donors (Lipinski definition) is 3. The van der Waals surface area contributed by atoms with Crippen molar-refractivity contribution in [3.8, 4) is 0 Å². The molecule has 1 saturated carbocycles. The zero-order valence-corrected chi connectivity index (χ0v) is 10.2. The van der Waals surface area contributed by atoms with Crippen molar-refractivity contribution >= 4 is 11.6 Å². The predicted molar refractivity (Wildman–Crippen MR) is 69.3 cm³/mol. The van der Waals surface area contributed by atoms with Gasteiger partial charge < -0.3 is 15.7 Å². The molecular weight excluding hydrogens is 228 g/mol. The van der Waals surface area contributed by atoms with Crippen LogP contribution in [0.1, 0.15) is 18.4 Å². The second kappa shape index (κ2) is 4.61. The molecule has 0 aromatic heterocycles. The highest BCUT2D eigenvalue weighted by atomic mass is 16.3. The second-order valence-corrected chi connectivity index (χ2v) is 5.27. The topological polar surface area (TPSA) is 61.4 Å². The van der Waals surface area contributed by atoms with Crippen LogP contribution in [0.5, 0.6) is 0 Å². The number of rotatable bonds is 2. The highest BCUT2D eigenvalue weighted by molar-refractivity contribution is 5.81. The maximum absolute atomic E-state index is 12.1. The Morgan fingerprint density at radius 2 is 2.11 bits per heavy atom. The quantitative estimate of drug-likeness (QED) is 0.727. The van der Waals surface area contributed by atoms with Crippen molar-refractivity contribution in [3.63, 3.8) is 0 Å². The summed E-state index contributed by atoms with van der Waals surface area (Å²) in [5.74, 6) is 0.103. The fraction of sp³-hybridized carbons (Fsp3) is 0.500. The number of para-hydroxylation sites is 1. The number of nitrogens with one attached hydrogen (secondary N) is 2. The smallest absolute Gasteiger partial charge is 0.225 e. The van der Waals surface area contributed by atoms with Gasteiger partial charge in [0.05, 0.1) is 12.0 Å². The fourth-order valence-electron chi connectivity index (χ4n) is 2.65. The number of anilines is 1. The average Bonchev–Trinajstić information content (AvgIpc) is 2.36. The van der Waals surface area contributed by atoms with Gasteiger partial charge in [-0.2, -0.15) is 0 Å². The molecule has 1 aromatic carbocycles. The third-order valence-corrected chi connectivity index (χ3v) is 3.85. The number of carbonyl (C=O) groups is 1. The van der Waals surface area contributed by atoms with Gasteiger partial charge >= 0.3 is 0 Å². The van der Waals surface area contributed by atoms with Gasteiger partial charge in [-0.05, 0) is 30.9 Å². The maximum atomic E-state index is 12.1. The summed E-state index contributed by atoms with van der Waals surface area (Å²) in [4.78, 5) is 12.1. The van der Waals surface area contributed by atoms with Gasteiger partial charge in [-0.3, -0.25) is 4.79 Å². The van der Waals surface area contributed by atoms with Gasteiger partial charge in [-0.25, -0.2) is 0 Å². The molecule has 3 rings (SSSR count). The lowest BCUT2D eigenvalue weighted by Crippen LogP contribution is -2.50. The summed E-state index contributed by atoms with van der Waals surface area (Å²) in [7, 11) is 0. The zero-order chi connectivity index (χ0) is 12.5. The molecule has 1 atom stereocenters. The van der Waals surface area contributed by atoms with Gasteiger partial charge in [0.25, 0.3) is 0 Å². The number of benzene rings is 1. The number of aliphatic hydroxyl groups excluding tert-OH is 1. The standard InChI is InChI=1S/C14H18N2O2/c17-12-6-11(7-12)16-14(18)10-5-9-3-1-2-4-13(9)15-8-10/h1-4,10-12,15,17H,5-8H2,(H,16,18). The Kier molecular flexibility index (Phi) is 2.96. The van der Waals surface area contributed by atoms with E-state index in [9.17, 15) is 9.90 Å². The van der Waals surface area contributed by atoms with Crippen molar-refractivity contribution in [1.29, 1.82) is 0 Å². The van der Waals surface area contributed by atoms with E-state index in [2.05, 4.69) is 16.7 Å². The number of aliphatic hydroxyl groups is 1. The maximum Gasteiger partial charge on any atom is 0.225 e. The summed E-state index contributed by atoms with van der Waals surface area (Å²) in [6, 6.07) is 8.29. The van der Waals surface area contributed by atoms with E-state index in [1.165, 1.54) is 5.56 Å². The Bertz CT molecular complexity index is 455. The van der Waals surface area contributed by atoms with Gasteiger partial charge in [-0.1, -0.05) is 18.2 Å². The van der Waals surface area contributed by atoms with E-state index in [1.807, 2.05) is 18.2 Å². The van der Waals surface area contributed by atoms with Crippen molar-refractivity contribution in [3.05, 3.63) is 29.8 Å². The summed E-state index contributed by atoms with van der Waals surface area (Å²) in [5.41, 5.74) is 2.35. The number of fused-ring (bicyclic) bond motifs is 1. The molecule has 1 aromatic rings. The van der Waals surface area contributed by atoms with Crippen LogP contribution in [0.3, 0.4) is 0 Å². The van der Waals surface area contributed by atoms with Crippen LogP contribution in [-0.2, 0) is 11.2 Å². The lowest BCUT2D eigenvalue weighted by Gasteiger charge is -2.34. The van der Waals surface area contributed by atoms with Crippen LogP contribution in [0.25, 0.3) is 0 Å². The lowest BCUT2D eigenvalue weighted by atomic mass is 9.88. The van der Waals surface area contributed by atoms with E-state index >= 15 is 0 Å². The predicted octanol–water partition coefficient (Wildman–Crippen LogP) is 0.910. The average molecular weight is 246 g/mol. The van der Waals surface area contributed by atoms with Crippen molar-refractivity contribution < 1.29 is 9.90 Å². The molecule has 0 saturated heterocycles. The van der Waals surface area contributed by atoms with Gasteiger partial charge in [0, 0.05) is 18.3 Å². The largest absolute Gasteiger partial charge is 0.393 e. The first-order chi connectivity index (χ1) is 8.72. The first kappa shape index (κ1) is 11.5. The molecule has 1 aliphatic heterocycles. The lowest BCUT2D eigenvalue weighted by molar-refractivity contribution is -0.126. The Hall–Kier alpha value is -1.55. The minimum absolute atomic E-state index is 0.00218. The number of hydrogen-bond acceptors (Lipinski definition) is 3. The molecule has 4 nitrogen and oxygen atoms in total. The molecular formula is C14H18N2O2.